The number of benzene rings is 1. The summed E-state index contributed by atoms with van der Waals surface area (Å²) in [5, 5.41) is 9.72. The molecule has 132 valence electrons. The van der Waals surface area contributed by atoms with Crippen LogP contribution in [0, 0.1) is 16.7 Å². The largest absolute Gasteiger partial charge is 0.198 e. The first kappa shape index (κ1) is 19.0. The van der Waals surface area contributed by atoms with Gasteiger partial charge in [0.15, 0.2) is 0 Å². The predicted molar refractivity (Wildman–Crippen MR) is 103 cm³/mol. The van der Waals surface area contributed by atoms with Crippen molar-refractivity contribution in [3.05, 3.63) is 35.4 Å². The highest BCUT2D eigenvalue weighted by molar-refractivity contribution is 5.26. The van der Waals surface area contributed by atoms with Gasteiger partial charge in [-0.15, -0.1) is 0 Å². The lowest BCUT2D eigenvalue weighted by atomic mass is 9.67. The van der Waals surface area contributed by atoms with Gasteiger partial charge in [0, 0.05) is 0 Å². The Labute approximate surface area is 149 Å². The third-order valence-corrected chi connectivity index (χ3v) is 5.96. The Morgan fingerprint density at radius 3 is 2.21 bits per heavy atom. The van der Waals surface area contributed by atoms with Crippen molar-refractivity contribution in [3.63, 3.8) is 0 Å². The zero-order valence-electron chi connectivity index (χ0n) is 15.8. The van der Waals surface area contributed by atoms with Crippen LogP contribution in [0.25, 0.3) is 0 Å². The van der Waals surface area contributed by atoms with Crippen molar-refractivity contribution in [1.29, 1.82) is 5.26 Å². The number of rotatable bonds is 9. The molecular formula is C23H35N. The number of nitrogens with zero attached hydrogens (tertiary/aromatic N) is 1. The lowest BCUT2D eigenvalue weighted by Gasteiger charge is -2.35. The molecule has 1 aliphatic rings. The molecule has 1 nitrogen and oxygen atoms in total. The van der Waals surface area contributed by atoms with Crippen molar-refractivity contribution in [2.45, 2.75) is 96.8 Å². The maximum atomic E-state index is 9.72. The molecular weight excluding hydrogens is 290 g/mol. The maximum absolute atomic E-state index is 9.72. The monoisotopic (exact) mass is 325 g/mol. The highest BCUT2D eigenvalue weighted by atomic mass is 14.4. The van der Waals surface area contributed by atoms with E-state index in [9.17, 15) is 5.26 Å². The molecule has 0 unspecified atom stereocenters. The number of hydrogen-bond donors (Lipinski definition) is 0. The topological polar surface area (TPSA) is 23.8 Å². The first-order valence-corrected chi connectivity index (χ1v) is 10.2. The molecule has 2 rings (SSSR count). The molecule has 0 amide bonds. The highest BCUT2D eigenvalue weighted by Crippen LogP contribution is 2.45. The quantitative estimate of drug-likeness (QED) is 0.441. The molecule has 0 radical (unpaired) electrons. The van der Waals surface area contributed by atoms with Gasteiger partial charge < -0.3 is 0 Å². The van der Waals surface area contributed by atoms with E-state index in [1.807, 2.05) is 0 Å². The Balaban J connectivity index is 1.85. The number of hydrogen-bond acceptors (Lipinski definition) is 1. The first-order chi connectivity index (χ1) is 11.7. The fraction of sp³-hybridized carbons (Fsp3) is 0.696. The van der Waals surface area contributed by atoms with Gasteiger partial charge in [-0.05, 0) is 62.0 Å². The molecule has 1 saturated carbocycles. The van der Waals surface area contributed by atoms with Crippen LogP contribution in [-0.2, 0) is 6.42 Å². The fourth-order valence-corrected chi connectivity index (χ4v) is 4.15. The van der Waals surface area contributed by atoms with E-state index in [0.717, 1.165) is 19.3 Å². The third kappa shape index (κ3) is 5.37. The van der Waals surface area contributed by atoms with E-state index in [1.165, 1.54) is 68.9 Å². The van der Waals surface area contributed by atoms with Gasteiger partial charge in [-0.2, -0.15) is 5.26 Å². The average molecular weight is 326 g/mol. The molecule has 1 aliphatic carbocycles. The van der Waals surface area contributed by atoms with E-state index in [2.05, 4.69) is 44.2 Å². The zero-order valence-corrected chi connectivity index (χ0v) is 15.8. The van der Waals surface area contributed by atoms with Crippen LogP contribution in [-0.4, -0.2) is 0 Å². The first-order valence-electron chi connectivity index (χ1n) is 10.2. The second-order valence-electron chi connectivity index (χ2n) is 7.82. The summed E-state index contributed by atoms with van der Waals surface area (Å²) in [5.41, 5.74) is 2.94. The van der Waals surface area contributed by atoms with E-state index < -0.39 is 0 Å². The van der Waals surface area contributed by atoms with Crippen LogP contribution < -0.4 is 0 Å². The average Bonchev–Trinajstić information content (AvgIpc) is 2.64. The van der Waals surface area contributed by atoms with Crippen LogP contribution in [0.2, 0.25) is 0 Å². The molecule has 0 aliphatic heterocycles. The highest BCUT2D eigenvalue weighted by Gasteiger charge is 2.35. The molecule has 0 saturated heterocycles. The third-order valence-electron chi connectivity index (χ3n) is 5.96. The Hall–Kier alpha value is -1.29. The van der Waals surface area contributed by atoms with Crippen LogP contribution in [0.4, 0.5) is 0 Å². The second-order valence-corrected chi connectivity index (χ2v) is 7.82. The number of nitriles is 1. The van der Waals surface area contributed by atoms with Gasteiger partial charge in [-0.3, -0.25) is 0 Å². The Kier molecular flexibility index (Phi) is 7.83. The van der Waals surface area contributed by atoms with Crippen molar-refractivity contribution in [2.75, 3.05) is 0 Å². The summed E-state index contributed by atoms with van der Waals surface area (Å²) < 4.78 is 0. The van der Waals surface area contributed by atoms with Gasteiger partial charge >= 0.3 is 0 Å². The lowest BCUT2D eigenvalue weighted by molar-refractivity contribution is 0.223. The fourth-order valence-electron chi connectivity index (χ4n) is 4.15. The van der Waals surface area contributed by atoms with Gasteiger partial charge in [0.25, 0.3) is 0 Å². The SMILES string of the molecule is CCCCCC[C@]1(C#N)CC[C@H](c2ccc(CCCC)cc2)CC1. The summed E-state index contributed by atoms with van der Waals surface area (Å²) in [5.74, 6) is 0.669. The van der Waals surface area contributed by atoms with Crippen LogP contribution in [0.1, 0.15) is 102 Å². The van der Waals surface area contributed by atoms with Gasteiger partial charge in [-0.25, -0.2) is 0 Å². The predicted octanol–water partition coefficient (Wildman–Crippen LogP) is 7.17. The zero-order chi connectivity index (χ0) is 17.3. The van der Waals surface area contributed by atoms with Gasteiger partial charge in [0.2, 0.25) is 0 Å². The van der Waals surface area contributed by atoms with Crippen molar-refractivity contribution >= 4 is 0 Å². The summed E-state index contributed by atoms with van der Waals surface area (Å²) >= 11 is 0. The van der Waals surface area contributed by atoms with Crippen LogP contribution in [0.5, 0.6) is 0 Å². The summed E-state index contributed by atoms with van der Waals surface area (Å²) in [6.07, 6.45) is 14.6. The van der Waals surface area contributed by atoms with Crippen LogP contribution in [0.15, 0.2) is 24.3 Å². The van der Waals surface area contributed by atoms with Crippen LogP contribution >= 0.6 is 0 Å². The lowest BCUT2D eigenvalue weighted by Crippen LogP contribution is -2.25. The van der Waals surface area contributed by atoms with Crippen molar-refractivity contribution in [1.82, 2.24) is 0 Å². The molecule has 0 heterocycles. The molecule has 1 heteroatoms. The molecule has 1 fully saturated rings. The summed E-state index contributed by atoms with van der Waals surface area (Å²) in [6, 6.07) is 12.0. The number of aryl methyl sites for hydroxylation is 1. The minimum absolute atomic E-state index is 0.0225. The summed E-state index contributed by atoms with van der Waals surface area (Å²) in [4.78, 5) is 0. The minimum atomic E-state index is -0.0225. The van der Waals surface area contributed by atoms with E-state index in [0.29, 0.717) is 5.92 Å². The van der Waals surface area contributed by atoms with Crippen LogP contribution in [0.3, 0.4) is 0 Å². The molecule has 0 N–H and O–H groups in total. The normalized spacial score (nSPS) is 23.8. The van der Waals surface area contributed by atoms with Crippen molar-refractivity contribution in [2.24, 2.45) is 5.41 Å². The summed E-state index contributed by atoms with van der Waals surface area (Å²) in [7, 11) is 0. The van der Waals surface area contributed by atoms with Gasteiger partial charge in [0.1, 0.15) is 0 Å². The Morgan fingerprint density at radius 2 is 1.62 bits per heavy atom. The van der Waals surface area contributed by atoms with E-state index >= 15 is 0 Å². The molecule has 24 heavy (non-hydrogen) atoms. The van der Waals surface area contributed by atoms with Gasteiger partial charge in [-0.1, -0.05) is 70.2 Å². The van der Waals surface area contributed by atoms with E-state index in [4.69, 9.17) is 0 Å². The van der Waals surface area contributed by atoms with Gasteiger partial charge in [0.05, 0.1) is 11.5 Å². The van der Waals surface area contributed by atoms with E-state index in [-0.39, 0.29) is 5.41 Å². The molecule has 1 aromatic rings. The Morgan fingerprint density at radius 1 is 0.958 bits per heavy atom. The second kappa shape index (κ2) is 9.87. The summed E-state index contributed by atoms with van der Waals surface area (Å²) in [6.45, 7) is 4.50. The molecule has 0 aromatic heterocycles. The van der Waals surface area contributed by atoms with E-state index in [1.54, 1.807) is 0 Å². The van der Waals surface area contributed by atoms with Crippen molar-refractivity contribution in [3.8, 4) is 6.07 Å². The maximum Gasteiger partial charge on any atom is 0.0689 e. The van der Waals surface area contributed by atoms with Crippen molar-refractivity contribution < 1.29 is 0 Å². The smallest absolute Gasteiger partial charge is 0.0689 e. The molecule has 0 atom stereocenters. The molecule has 0 bridgehead atoms. The number of unbranched alkanes of at least 4 members (excludes halogenated alkanes) is 4. The standard InChI is InChI=1S/C23H35N/c1-3-5-7-8-16-23(19-24)17-14-22(15-18-23)21-12-10-20(11-13-21)9-6-4-2/h10-13,22H,3-9,14-18H2,1-2H3/t22-,23-. The molecule has 0 spiro atoms. The molecule has 1 aromatic carbocycles. The minimum Gasteiger partial charge on any atom is -0.198 e. The Bertz CT molecular complexity index is 500.